The largest absolute Gasteiger partial charge is 0.356 e. The highest BCUT2D eigenvalue weighted by Gasteiger charge is 2.05. The number of benzene rings is 2. The minimum Gasteiger partial charge on any atom is -0.356 e. The SMILES string of the molecule is O=C(CCSc1ccccc1Cl)NCCCc1nc2ccccc2[nH]1. The van der Waals surface area contributed by atoms with E-state index < -0.39 is 0 Å². The van der Waals surface area contributed by atoms with Crippen molar-refractivity contribution in [2.45, 2.75) is 24.2 Å². The highest BCUT2D eigenvalue weighted by Crippen LogP contribution is 2.26. The lowest BCUT2D eigenvalue weighted by molar-refractivity contribution is -0.120. The van der Waals surface area contributed by atoms with Crippen LogP contribution in [0.25, 0.3) is 11.0 Å². The van der Waals surface area contributed by atoms with Crippen LogP contribution in [0.15, 0.2) is 53.4 Å². The zero-order valence-corrected chi connectivity index (χ0v) is 15.4. The Morgan fingerprint density at radius 1 is 1.16 bits per heavy atom. The maximum absolute atomic E-state index is 11.9. The number of aromatic nitrogens is 2. The molecule has 2 aromatic carbocycles. The van der Waals surface area contributed by atoms with E-state index in [1.807, 2.05) is 48.5 Å². The number of H-pyrrole nitrogens is 1. The number of halogens is 1. The summed E-state index contributed by atoms with van der Waals surface area (Å²) in [6, 6.07) is 15.7. The third-order valence-electron chi connectivity index (χ3n) is 3.77. The van der Waals surface area contributed by atoms with Gasteiger partial charge in [0, 0.05) is 30.0 Å². The van der Waals surface area contributed by atoms with Crippen molar-refractivity contribution in [2.24, 2.45) is 0 Å². The first kappa shape index (κ1) is 17.8. The van der Waals surface area contributed by atoms with Crippen molar-refractivity contribution < 1.29 is 4.79 Å². The van der Waals surface area contributed by atoms with Crippen LogP contribution in [0.5, 0.6) is 0 Å². The summed E-state index contributed by atoms with van der Waals surface area (Å²) in [5.74, 6) is 1.76. The Balaban J connectivity index is 1.33. The molecule has 0 aliphatic rings. The van der Waals surface area contributed by atoms with E-state index in [1.165, 1.54) is 0 Å². The molecule has 0 atom stereocenters. The van der Waals surface area contributed by atoms with Crippen molar-refractivity contribution in [3.05, 3.63) is 59.4 Å². The summed E-state index contributed by atoms with van der Waals surface area (Å²) >= 11 is 7.71. The molecule has 0 saturated heterocycles. The molecule has 25 heavy (non-hydrogen) atoms. The quantitative estimate of drug-likeness (QED) is 0.453. The van der Waals surface area contributed by atoms with Crippen molar-refractivity contribution in [1.82, 2.24) is 15.3 Å². The maximum Gasteiger partial charge on any atom is 0.220 e. The number of fused-ring (bicyclic) bond motifs is 1. The van der Waals surface area contributed by atoms with E-state index in [4.69, 9.17) is 11.6 Å². The van der Waals surface area contributed by atoms with Crippen LogP contribution in [-0.2, 0) is 11.2 Å². The van der Waals surface area contributed by atoms with Crippen LogP contribution in [0.4, 0.5) is 0 Å². The monoisotopic (exact) mass is 373 g/mol. The molecule has 0 aliphatic heterocycles. The van der Waals surface area contributed by atoms with E-state index in [-0.39, 0.29) is 5.91 Å². The number of aromatic amines is 1. The Kier molecular flexibility index (Phi) is 6.36. The molecule has 0 saturated carbocycles. The van der Waals surface area contributed by atoms with Gasteiger partial charge in [-0.05, 0) is 30.7 Å². The fraction of sp³-hybridized carbons (Fsp3) is 0.263. The molecular weight excluding hydrogens is 354 g/mol. The van der Waals surface area contributed by atoms with Gasteiger partial charge < -0.3 is 10.3 Å². The molecule has 4 nitrogen and oxygen atoms in total. The number of imidazole rings is 1. The fourth-order valence-electron chi connectivity index (χ4n) is 2.51. The average molecular weight is 374 g/mol. The van der Waals surface area contributed by atoms with Gasteiger partial charge in [0.05, 0.1) is 16.1 Å². The van der Waals surface area contributed by atoms with Crippen LogP contribution in [0.1, 0.15) is 18.7 Å². The summed E-state index contributed by atoms with van der Waals surface area (Å²) in [4.78, 5) is 20.7. The molecule has 3 rings (SSSR count). The van der Waals surface area contributed by atoms with E-state index in [0.29, 0.717) is 13.0 Å². The predicted molar refractivity (Wildman–Crippen MR) is 104 cm³/mol. The van der Waals surface area contributed by atoms with Crippen molar-refractivity contribution in [2.75, 3.05) is 12.3 Å². The second-order valence-corrected chi connectivity index (χ2v) is 7.23. The maximum atomic E-state index is 11.9. The van der Waals surface area contributed by atoms with Crippen molar-refractivity contribution in [1.29, 1.82) is 0 Å². The van der Waals surface area contributed by atoms with Crippen molar-refractivity contribution in [3.63, 3.8) is 0 Å². The van der Waals surface area contributed by atoms with E-state index in [9.17, 15) is 4.79 Å². The van der Waals surface area contributed by atoms with Gasteiger partial charge in [-0.2, -0.15) is 0 Å². The third kappa shape index (κ3) is 5.25. The molecule has 0 fully saturated rings. The molecule has 130 valence electrons. The number of aryl methyl sites for hydroxylation is 1. The smallest absolute Gasteiger partial charge is 0.220 e. The van der Waals surface area contributed by atoms with Crippen molar-refractivity contribution >= 4 is 40.3 Å². The van der Waals surface area contributed by atoms with Gasteiger partial charge in [-0.1, -0.05) is 35.9 Å². The molecular formula is C19H20ClN3OS. The molecule has 1 aromatic heterocycles. The van der Waals surface area contributed by atoms with E-state index >= 15 is 0 Å². The zero-order chi connectivity index (χ0) is 17.5. The summed E-state index contributed by atoms with van der Waals surface area (Å²) in [6.45, 7) is 0.659. The third-order valence-corrected chi connectivity index (χ3v) is 5.29. The number of thioether (sulfide) groups is 1. The molecule has 1 heterocycles. The average Bonchev–Trinajstić information content (AvgIpc) is 3.03. The minimum atomic E-state index is 0.0733. The van der Waals surface area contributed by atoms with Gasteiger partial charge in [0.1, 0.15) is 5.82 Å². The number of nitrogens with zero attached hydrogens (tertiary/aromatic N) is 1. The Bertz CT molecular complexity index is 816. The normalized spacial score (nSPS) is 10.9. The Labute approximate surface area is 156 Å². The number of para-hydroxylation sites is 2. The predicted octanol–water partition coefficient (Wildman–Crippen LogP) is 4.45. The van der Waals surface area contributed by atoms with Gasteiger partial charge in [0.2, 0.25) is 5.91 Å². The van der Waals surface area contributed by atoms with Crippen LogP contribution in [0, 0.1) is 0 Å². The first-order valence-electron chi connectivity index (χ1n) is 8.30. The first-order chi connectivity index (χ1) is 12.2. The lowest BCUT2D eigenvalue weighted by Crippen LogP contribution is -2.25. The van der Waals surface area contributed by atoms with Gasteiger partial charge >= 0.3 is 0 Å². The summed E-state index contributed by atoms with van der Waals surface area (Å²) in [7, 11) is 0. The van der Waals surface area contributed by atoms with Crippen LogP contribution in [0.3, 0.4) is 0 Å². The number of hydrogen-bond acceptors (Lipinski definition) is 3. The fourth-order valence-corrected chi connectivity index (χ4v) is 3.70. The number of carbonyl (C=O) groups is 1. The lowest BCUT2D eigenvalue weighted by Gasteiger charge is -2.05. The highest BCUT2D eigenvalue weighted by atomic mass is 35.5. The molecule has 0 unspecified atom stereocenters. The van der Waals surface area contributed by atoms with Crippen molar-refractivity contribution in [3.8, 4) is 0 Å². The number of rotatable bonds is 8. The molecule has 1 amide bonds. The number of hydrogen-bond donors (Lipinski definition) is 2. The Morgan fingerprint density at radius 2 is 1.96 bits per heavy atom. The lowest BCUT2D eigenvalue weighted by atomic mass is 10.3. The van der Waals surface area contributed by atoms with E-state index in [0.717, 1.165) is 45.4 Å². The summed E-state index contributed by atoms with van der Waals surface area (Å²) < 4.78 is 0. The highest BCUT2D eigenvalue weighted by molar-refractivity contribution is 7.99. The molecule has 0 spiro atoms. The molecule has 0 bridgehead atoms. The van der Waals surface area contributed by atoms with Gasteiger partial charge in [-0.3, -0.25) is 4.79 Å². The standard InChI is InChI=1S/C19H20ClN3OS/c20-14-6-1-4-9-17(14)25-13-11-19(24)21-12-5-10-18-22-15-7-2-3-8-16(15)23-18/h1-4,6-9H,5,10-13H2,(H,21,24)(H,22,23). The molecule has 6 heteroatoms. The topological polar surface area (TPSA) is 57.8 Å². The second-order valence-electron chi connectivity index (χ2n) is 5.68. The van der Waals surface area contributed by atoms with Gasteiger partial charge in [-0.15, -0.1) is 11.8 Å². The summed E-state index contributed by atoms with van der Waals surface area (Å²) in [6.07, 6.45) is 2.17. The van der Waals surface area contributed by atoms with Crippen LogP contribution in [-0.4, -0.2) is 28.2 Å². The van der Waals surface area contributed by atoms with Gasteiger partial charge in [0.25, 0.3) is 0 Å². The molecule has 0 radical (unpaired) electrons. The number of nitrogens with one attached hydrogen (secondary N) is 2. The number of carbonyl (C=O) groups excluding carboxylic acids is 1. The molecule has 3 aromatic rings. The Morgan fingerprint density at radius 3 is 2.80 bits per heavy atom. The zero-order valence-electron chi connectivity index (χ0n) is 13.8. The summed E-state index contributed by atoms with van der Waals surface area (Å²) in [5, 5.41) is 3.70. The summed E-state index contributed by atoms with van der Waals surface area (Å²) in [5.41, 5.74) is 2.04. The molecule has 2 N–H and O–H groups in total. The second kappa shape index (κ2) is 8.92. The van der Waals surface area contributed by atoms with Crippen LogP contribution in [0.2, 0.25) is 5.02 Å². The van der Waals surface area contributed by atoms with E-state index in [1.54, 1.807) is 11.8 Å². The van der Waals surface area contributed by atoms with E-state index in [2.05, 4.69) is 15.3 Å². The van der Waals surface area contributed by atoms with Gasteiger partial charge in [-0.25, -0.2) is 4.98 Å². The Hall–Kier alpha value is -1.98. The van der Waals surface area contributed by atoms with Crippen LogP contribution < -0.4 is 5.32 Å². The molecule has 0 aliphatic carbocycles. The first-order valence-corrected chi connectivity index (χ1v) is 9.66. The van der Waals surface area contributed by atoms with Gasteiger partial charge in [0.15, 0.2) is 0 Å². The van der Waals surface area contributed by atoms with Crippen LogP contribution >= 0.6 is 23.4 Å². The number of amides is 1. The minimum absolute atomic E-state index is 0.0733.